The summed E-state index contributed by atoms with van der Waals surface area (Å²) in [6.07, 6.45) is 1.83. The fourth-order valence-corrected chi connectivity index (χ4v) is 5.75. The fraction of sp³-hybridized carbons (Fsp3) is 0.206. The molecule has 1 aliphatic heterocycles. The Balaban J connectivity index is 1.36. The van der Waals surface area contributed by atoms with Crippen LogP contribution in [-0.4, -0.2) is 45.3 Å². The fourth-order valence-electron chi connectivity index (χ4n) is 5.75. The van der Waals surface area contributed by atoms with Gasteiger partial charge in [-0.3, -0.25) is 9.36 Å². The van der Waals surface area contributed by atoms with Gasteiger partial charge in [0, 0.05) is 24.2 Å². The Morgan fingerprint density at radius 2 is 1.39 bits per heavy atom. The first-order valence-electron chi connectivity index (χ1n) is 13.9. The van der Waals surface area contributed by atoms with E-state index in [4.69, 9.17) is 9.47 Å². The molecule has 1 aromatic heterocycles. The van der Waals surface area contributed by atoms with E-state index in [-0.39, 0.29) is 30.3 Å². The van der Waals surface area contributed by atoms with Crippen molar-refractivity contribution >= 4 is 5.91 Å². The molecular formula is C34H32N4O3. The highest BCUT2D eigenvalue weighted by atomic mass is 16.5. The Kier molecular flexibility index (Phi) is 7.76. The third-order valence-corrected chi connectivity index (χ3v) is 7.62. The van der Waals surface area contributed by atoms with E-state index < -0.39 is 0 Å². The van der Waals surface area contributed by atoms with Crippen LogP contribution in [0.4, 0.5) is 0 Å². The number of methoxy groups -OCH3 is 1. The van der Waals surface area contributed by atoms with Crippen molar-refractivity contribution in [3.05, 3.63) is 138 Å². The number of para-hydroxylation sites is 3. The first kappa shape index (κ1) is 26.3. The van der Waals surface area contributed by atoms with Crippen molar-refractivity contribution in [3.8, 4) is 17.2 Å². The van der Waals surface area contributed by atoms with Crippen LogP contribution in [-0.2, 0) is 6.61 Å². The zero-order chi connectivity index (χ0) is 28.0. The average Bonchev–Trinajstić information content (AvgIpc) is 3.69. The maximum Gasteiger partial charge on any atom is 0.292 e. The van der Waals surface area contributed by atoms with Crippen molar-refractivity contribution in [2.24, 2.45) is 0 Å². The number of carbonyl (C=O) groups is 1. The summed E-state index contributed by atoms with van der Waals surface area (Å²) in [5, 5.41) is 8.88. The minimum absolute atomic E-state index is 0.0125. The molecule has 5 aromatic rings. The lowest BCUT2D eigenvalue weighted by Crippen LogP contribution is -2.40. The summed E-state index contributed by atoms with van der Waals surface area (Å²) in [6, 6.07) is 38.1. The lowest BCUT2D eigenvalue weighted by Gasteiger charge is -2.32. The predicted octanol–water partition coefficient (Wildman–Crippen LogP) is 6.29. The van der Waals surface area contributed by atoms with Gasteiger partial charge in [-0.05, 0) is 48.2 Å². The Morgan fingerprint density at radius 3 is 2.02 bits per heavy atom. The number of aromatic nitrogens is 3. The molecule has 7 nitrogen and oxygen atoms in total. The SMILES string of the molecule is COc1ccccc1OCc1nnc(C(=O)N2CCC[C@@H]2C(c2ccccc2)c2ccccc2)n1-c1ccccc1. The lowest BCUT2D eigenvalue weighted by atomic mass is 9.84. The smallest absolute Gasteiger partial charge is 0.292 e. The van der Waals surface area contributed by atoms with Gasteiger partial charge in [0.1, 0.15) is 6.61 Å². The zero-order valence-corrected chi connectivity index (χ0v) is 23.0. The maximum absolute atomic E-state index is 14.3. The first-order valence-corrected chi connectivity index (χ1v) is 13.9. The topological polar surface area (TPSA) is 69.5 Å². The van der Waals surface area contributed by atoms with Gasteiger partial charge < -0.3 is 14.4 Å². The van der Waals surface area contributed by atoms with E-state index in [0.29, 0.717) is 23.9 Å². The molecule has 0 aliphatic carbocycles. The molecule has 6 rings (SSSR count). The first-order chi connectivity index (χ1) is 20.2. The molecule has 0 saturated carbocycles. The number of likely N-dealkylation sites (tertiary alicyclic amines) is 1. The van der Waals surface area contributed by atoms with Crippen LogP contribution in [0.25, 0.3) is 5.69 Å². The van der Waals surface area contributed by atoms with Crippen LogP contribution in [0.1, 0.15) is 46.3 Å². The van der Waals surface area contributed by atoms with Crippen molar-refractivity contribution in [3.63, 3.8) is 0 Å². The molecule has 0 N–H and O–H groups in total. The molecule has 1 fully saturated rings. The maximum atomic E-state index is 14.3. The summed E-state index contributed by atoms with van der Waals surface area (Å²) in [5.41, 5.74) is 3.19. The molecule has 0 unspecified atom stereocenters. The minimum atomic E-state index is -0.135. The molecule has 4 aromatic carbocycles. The third kappa shape index (κ3) is 5.43. The van der Waals surface area contributed by atoms with E-state index >= 15 is 0 Å². The standard InChI is InChI=1S/C34H32N4O3/c1-40-29-21-11-12-22-30(29)41-24-31-35-36-33(38(31)27-18-9-4-10-19-27)34(39)37-23-13-20-28(37)32(25-14-5-2-6-15-25)26-16-7-3-8-17-26/h2-12,14-19,21-22,28,32H,13,20,23-24H2,1H3/t28-/m1/s1. The van der Waals surface area contributed by atoms with Gasteiger partial charge in [-0.1, -0.05) is 91.0 Å². The van der Waals surface area contributed by atoms with E-state index in [9.17, 15) is 4.79 Å². The van der Waals surface area contributed by atoms with Gasteiger partial charge in [-0.15, -0.1) is 10.2 Å². The van der Waals surface area contributed by atoms with Crippen molar-refractivity contribution in [1.82, 2.24) is 19.7 Å². The van der Waals surface area contributed by atoms with Crippen LogP contribution in [0.5, 0.6) is 11.5 Å². The van der Waals surface area contributed by atoms with Crippen LogP contribution < -0.4 is 9.47 Å². The highest BCUT2D eigenvalue weighted by Crippen LogP contribution is 2.37. The number of carbonyl (C=O) groups excluding carboxylic acids is 1. The highest BCUT2D eigenvalue weighted by molar-refractivity contribution is 5.92. The minimum Gasteiger partial charge on any atom is -0.493 e. The van der Waals surface area contributed by atoms with Crippen LogP contribution in [0.3, 0.4) is 0 Å². The molecular weight excluding hydrogens is 512 g/mol. The average molecular weight is 545 g/mol. The molecule has 7 heteroatoms. The second-order valence-electron chi connectivity index (χ2n) is 10.1. The van der Waals surface area contributed by atoms with Gasteiger partial charge >= 0.3 is 0 Å². The Hall–Kier alpha value is -4.91. The van der Waals surface area contributed by atoms with Crippen LogP contribution in [0.15, 0.2) is 115 Å². The van der Waals surface area contributed by atoms with Crippen LogP contribution in [0.2, 0.25) is 0 Å². The van der Waals surface area contributed by atoms with Gasteiger partial charge in [0.25, 0.3) is 5.91 Å². The quantitative estimate of drug-likeness (QED) is 0.218. The largest absolute Gasteiger partial charge is 0.493 e. The van der Waals surface area contributed by atoms with Gasteiger partial charge in [-0.2, -0.15) is 0 Å². The summed E-state index contributed by atoms with van der Waals surface area (Å²) in [5.74, 6) is 1.95. The van der Waals surface area contributed by atoms with Gasteiger partial charge in [0.2, 0.25) is 5.82 Å². The second kappa shape index (κ2) is 12.1. The van der Waals surface area contributed by atoms with E-state index in [0.717, 1.165) is 18.5 Å². The van der Waals surface area contributed by atoms with Crippen LogP contribution in [0, 0.1) is 0 Å². The number of hydrogen-bond acceptors (Lipinski definition) is 5. The van der Waals surface area contributed by atoms with Gasteiger partial charge in [-0.25, -0.2) is 0 Å². The van der Waals surface area contributed by atoms with Gasteiger partial charge in [0.05, 0.1) is 7.11 Å². The monoisotopic (exact) mass is 544 g/mol. The van der Waals surface area contributed by atoms with Crippen molar-refractivity contribution in [2.75, 3.05) is 13.7 Å². The lowest BCUT2D eigenvalue weighted by molar-refractivity contribution is 0.0710. The van der Waals surface area contributed by atoms with E-state index in [1.807, 2.05) is 76.2 Å². The molecule has 1 amide bonds. The summed E-state index contributed by atoms with van der Waals surface area (Å²) < 4.78 is 13.3. The normalized spacial score (nSPS) is 14.8. The molecule has 1 atom stereocenters. The Morgan fingerprint density at radius 1 is 0.805 bits per heavy atom. The number of nitrogens with zero attached hydrogens (tertiary/aromatic N) is 4. The number of hydrogen-bond donors (Lipinski definition) is 0. The van der Waals surface area contributed by atoms with Gasteiger partial charge in [0.15, 0.2) is 17.3 Å². The van der Waals surface area contributed by atoms with E-state index in [1.54, 1.807) is 7.11 Å². The summed E-state index contributed by atoms with van der Waals surface area (Å²) in [7, 11) is 1.61. The molecule has 2 heterocycles. The molecule has 1 saturated heterocycles. The summed E-state index contributed by atoms with van der Waals surface area (Å²) in [6.45, 7) is 0.782. The highest BCUT2D eigenvalue weighted by Gasteiger charge is 2.38. The Labute approximate surface area is 240 Å². The summed E-state index contributed by atoms with van der Waals surface area (Å²) in [4.78, 5) is 16.3. The zero-order valence-electron chi connectivity index (χ0n) is 23.0. The molecule has 206 valence electrons. The van der Waals surface area contributed by atoms with E-state index in [1.165, 1.54) is 11.1 Å². The van der Waals surface area contributed by atoms with Crippen molar-refractivity contribution in [2.45, 2.75) is 31.4 Å². The summed E-state index contributed by atoms with van der Waals surface area (Å²) >= 11 is 0. The number of ether oxygens (including phenoxy) is 2. The number of rotatable bonds is 9. The molecule has 0 spiro atoms. The number of amides is 1. The second-order valence-corrected chi connectivity index (χ2v) is 10.1. The molecule has 0 bridgehead atoms. The number of benzene rings is 4. The Bertz CT molecular complexity index is 1550. The third-order valence-electron chi connectivity index (χ3n) is 7.62. The van der Waals surface area contributed by atoms with E-state index in [2.05, 4.69) is 58.7 Å². The molecule has 0 radical (unpaired) electrons. The van der Waals surface area contributed by atoms with Crippen LogP contribution >= 0.6 is 0 Å². The van der Waals surface area contributed by atoms with Crippen molar-refractivity contribution in [1.29, 1.82) is 0 Å². The predicted molar refractivity (Wildman–Crippen MR) is 157 cm³/mol. The van der Waals surface area contributed by atoms with Crippen molar-refractivity contribution < 1.29 is 14.3 Å². The molecule has 41 heavy (non-hydrogen) atoms. The molecule has 1 aliphatic rings.